The minimum atomic E-state index is -0.927. The van der Waals surface area contributed by atoms with E-state index >= 15 is 0 Å². The monoisotopic (exact) mass is 288 g/mol. The Morgan fingerprint density at radius 3 is 2.80 bits per heavy atom. The Morgan fingerprint density at radius 2 is 2.05 bits per heavy atom. The molecule has 1 aromatic heterocycles. The third kappa shape index (κ3) is 2.12. The van der Waals surface area contributed by atoms with Gasteiger partial charge in [-0.05, 0) is 44.1 Å². The summed E-state index contributed by atoms with van der Waals surface area (Å²) in [6, 6.07) is 7.99. The fraction of sp³-hybridized carbons (Fsp3) is 0.333. The molecule has 0 saturated heterocycles. The summed E-state index contributed by atoms with van der Waals surface area (Å²) >= 11 is 1.65. The minimum absolute atomic E-state index is 0.218. The van der Waals surface area contributed by atoms with Gasteiger partial charge >= 0.3 is 5.97 Å². The first-order chi connectivity index (χ1) is 9.72. The first kappa shape index (κ1) is 13.2. The molecule has 20 heavy (non-hydrogen) atoms. The largest absolute Gasteiger partial charge is 0.476 e. The molecule has 0 bridgehead atoms. The van der Waals surface area contributed by atoms with Crippen molar-refractivity contribution in [2.24, 2.45) is 0 Å². The Labute approximate surface area is 121 Å². The lowest BCUT2D eigenvalue weighted by atomic mass is 9.95. The van der Waals surface area contributed by atoms with Crippen molar-refractivity contribution in [1.29, 1.82) is 0 Å². The van der Waals surface area contributed by atoms with E-state index in [9.17, 15) is 9.90 Å². The Kier molecular flexibility index (Phi) is 3.53. The van der Waals surface area contributed by atoms with Crippen LogP contribution in [0.25, 0.3) is 5.69 Å². The molecular weight excluding hydrogens is 272 g/mol. The van der Waals surface area contributed by atoms with E-state index in [2.05, 4.69) is 5.10 Å². The highest BCUT2D eigenvalue weighted by Gasteiger charge is 2.25. The van der Waals surface area contributed by atoms with Crippen LogP contribution in [-0.4, -0.2) is 27.1 Å². The zero-order chi connectivity index (χ0) is 14.1. The van der Waals surface area contributed by atoms with Crippen molar-refractivity contribution >= 4 is 17.7 Å². The molecule has 0 fully saturated rings. The van der Waals surface area contributed by atoms with E-state index in [1.165, 1.54) is 0 Å². The summed E-state index contributed by atoms with van der Waals surface area (Å²) in [6.07, 6.45) is 5.88. The van der Waals surface area contributed by atoms with Gasteiger partial charge in [0.2, 0.25) is 0 Å². The number of carboxylic acid groups (broad SMARTS) is 1. The molecule has 1 aliphatic carbocycles. The topological polar surface area (TPSA) is 55.1 Å². The van der Waals surface area contributed by atoms with Gasteiger partial charge in [0.1, 0.15) is 0 Å². The maximum atomic E-state index is 11.4. The number of fused-ring (bicyclic) bond motifs is 1. The lowest BCUT2D eigenvalue weighted by Crippen LogP contribution is -2.08. The number of rotatable bonds is 3. The molecule has 104 valence electrons. The molecule has 1 heterocycles. The highest BCUT2D eigenvalue weighted by atomic mass is 32.2. The SMILES string of the molecule is CSc1ccccc1-n1nc(C(=O)O)c2c1CCCC2. The minimum Gasteiger partial charge on any atom is -0.476 e. The van der Waals surface area contributed by atoms with E-state index in [0.717, 1.165) is 47.5 Å². The summed E-state index contributed by atoms with van der Waals surface area (Å²) in [4.78, 5) is 12.5. The van der Waals surface area contributed by atoms with E-state index in [1.54, 1.807) is 11.8 Å². The molecule has 1 aliphatic rings. The second-order valence-corrected chi connectivity index (χ2v) is 5.72. The highest BCUT2D eigenvalue weighted by Crippen LogP contribution is 2.30. The summed E-state index contributed by atoms with van der Waals surface area (Å²) in [6.45, 7) is 0. The third-order valence-corrected chi connectivity index (χ3v) is 4.48. The fourth-order valence-electron chi connectivity index (χ4n) is 2.77. The summed E-state index contributed by atoms with van der Waals surface area (Å²) < 4.78 is 1.84. The van der Waals surface area contributed by atoms with Crippen LogP contribution >= 0.6 is 11.8 Å². The number of para-hydroxylation sites is 1. The molecule has 1 N–H and O–H groups in total. The fourth-order valence-corrected chi connectivity index (χ4v) is 3.35. The van der Waals surface area contributed by atoms with Crippen molar-refractivity contribution in [2.75, 3.05) is 6.26 Å². The molecule has 4 nitrogen and oxygen atoms in total. The van der Waals surface area contributed by atoms with Gasteiger partial charge in [-0.1, -0.05) is 12.1 Å². The van der Waals surface area contributed by atoms with Crippen molar-refractivity contribution in [2.45, 2.75) is 30.6 Å². The predicted molar refractivity (Wildman–Crippen MR) is 78.9 cm³/mol. The van der Waals surface area contributed by atoms with E-state index in [-0.39, 0.29) is 5.69 Å². The van der Waals surface area contributed by atoms with Gasteiger partial charge < -0.3 is 5.11 Å². The number of hydrogen-bond acceptors (Lipinski definition) is 3. The lowest BCUT2D eigenvalue weighted by molar-refractivity contribution is 0.0688. The molecule has 0 aliphatic heterocycles. The van der Waals surface area contributed by atoms with E-state index < -0.39 is 5.97 Å². The van der Waals surface area contributed by atoms with Gasteiger partial charge in [-0.15, -0.1) is 11.8 Å². The normalized spacial score (nSPS) is 14.1. The van der Waals surface area contributed by atoms with Crippen LogP contribution in [-0.2, 0) is 12.8 Å². The number of hydrogen-bond donors (Lipinski definition) is 1. The van der Waals surface area contributed by atoms with E-state index in [1.807, 2.05) is 35.2 Å². The van der Waals surface area contributed by atoms with E-state index in [0.29, 0.717) is 0 Å². The smallest absolute Gasteiger partial charge is 0.356 e. The van der Waals surface area contributed by atoms with Crippen molar-refractivity contribution < 1.29 is 9.90 Å². The van der Waals surface area contributed by atoms with Gasteiger partial charge in [0.25, 0.3) is 0 Å². The molecule has 2 aromatic rings. The highest BCUT2D eigenvalue weighted by molar-refractivity contribution is 7.98. The molecular formula is C15H16N2O2S. The summed E-state index contributed by atoms with van der Waals surface area (Å²) in [5.41, 5.74) is 3.18. The number of carboxylic acids is 1. The van der Waals surface area contributed by atoms with Gasteiger partial charge in [-0.2, -0.15) is 5.10 Å². The zero-order valence-electron chi connectivity index (χ0n) is 11.3. The standard InChI is InChI=1S/C15H16N2O2S/c1-20-13-9-5-4-8-12(13)17-11-7-3-2-6-10(11)14(16-17)15(18)19/h4-5,8-9H,2-3,6-7H2,1H3,(H,18,19). The molecule has 0 saturated carbocycles. The molecule has 1 aromatic carbocycles. The van der Waals surface area contributed by atoms with Gasteiger partial charge in [-0.3, -0.25) is 0 Å². The van der Waals surface area contributed by atoms with Gasteiger partial charge in [-0.25, -0.2) is 9.48 Å². The van der Waals surface area contributed by atoms with Crippen LogP contribution in [0.2, 0.25) is 0 Å². The van der Waals surface area contributed by atoms with Crippen molar-refractivity contribution in [3.8, 4) is 5.69 Å². The van der Waals surface area contributed by atoms with Gasteiger partial charge in [0.05, 0.1) is 5.69 Å². The maximum Gasteiger partial charge on any atom is 0.356 e. The average molecular weight is 288 g/mol. The number of carbonyl (C=O) groups is 1. The van der Waals surface area contributed by atoms with Crippen LogP contribution in [0.5, 0.6) is 0 Å². The molecule has 0 unspecified atom stereocenters. The van der Waals surface area contributed by atoms with Crippen LogP contribution in [0, 0.1) is 0 Å². The van der Waals surface area contributed by atoms with Crippen LogP contribution in [0.3, 0.4) is 0 Å². The number of aromatic carboxylic acids is 1. The van der Waals surface area contributed by atoms with Crippen molar-refractivity contribution in [1.82, 2.24) is 9.78 Å². The second-order valence-electron chi connectivity index (χ2n) is 4.87. The maximum absolute atomic E-state index is 11.4. The number of aromatic nitrogens is 2. The molecule has 0 atom stereocenters. The number of benzene rings is 1. The summed E-state index contributed by atoms with van der Waals surface area (Å²) in [5, 5.41) is 13.7. The van der Waals surface area contributed by atoms with Gasteiger partial charge in [0.15, 0.2) is 5.69 Å². The van der Waals surface area contributed by atoms with Gasteiger partial charge in [0, 0.05) is 16.2 Å². The molecule has 0 spiro atoms. The predicted octanol–water partition coefficient (Wildman–Crippen LogP) is 3.17. The Bertz CT molecular complexity index is 664. The molecule has 0 amide bonds. The van der Waals surface area contributed by atoms with Crippen LogP contribution in [0.4, 0.5) is 0 Å². The quantitative estimate of drug-likeness (QED) is 0.881. The summed E-state index contributed by atoms with van der Waals surface area (Å²) in [7, 11) is 0. The first-order valence-corrected chi connectivity index (χ1v) is 7.92. The number of thioether (sulfide) groups is 1. The molecule has 0 radical (unpaired) electrons. The van der Waals surface area contributed by atoms with Crippen molar-refractivity contribution in [3.05, 3.63) is 41.2 Å². The molecule has 3 rings (SSSR count). The third-order valence-electron chi connectivity index (χ3n) is 3.70. The molecule has 5 heteroatoms. The first-order valence-electron chi connectivity index (χ1n) is 6.70. The Hall–Kier alpha value is -1.75. The van der Waals surface area contributed by atoms with Crippen LogP contribution in [0.1, 0.15) is 34.6 Å². The summed E-state index contributed by atoms with van der Waals surface area (Å²) in [5.74, 6) is -0.927. The second kappa shape index (κ2) is 5.32. The average Bonchev–Trinajstić information content (AvgIpc) is 2.87. The Balaban J connectivity index is 2.21. The van der Waals surface area contributed by atoms with E-state index in [4.69, 9.17) is 0 Å². The van der Waals surface area contributed by atoms with Crippen molar-refractivity contribution in [3.63, 3.8) is 0 Å². The van der Waals surface area contributed by atoms with Crippen LogP contribution < -0.4 is 0 Å². The van der Waals surface area contributed by atoms with Crippen LogP contribution in [0.15, 0.2) is 29.2 Å². The lowest BCUT2D eigenvalue weighted by Gasteiger charge is -2.15. The Morgan fingerprint density at radius 1 is 1.30 bits per heavy atom. The zero-order valence-corrected chi connectivity index (χ0v) is 12.1. The number of nitrogens with zero attached hydrogens (tertiary/aromatic N) is 2.